The van der Waals surface area contributed by atoms with Gasteiger partial charge in [-0.2, -0.15) is 0 Å². The monoisotopic (exact) mass is 234 g/mol. The van der Waals surface area contributed by atoms with Gasteiger partial charge in [-0.15, -0.1) is 6.58 Å². The molecule has 1 aromatic rings. The Bertz CT molecular complexity index is 275. The number of benzene rings is 1. The molecule has 0 fully saturated rings. The van der Waals surface area contributed by atoms with Crippen molar-refractivity contribution in [2.45, 2.75) is 12.8 Å². The molecule has 3 heteroatoms. The lowest BCUT2D eigenvalue weighted by atomic mass is 10.2. The van der Waals surface area contributed by atoms with Gasteiger partial charge in [-0.05, 0) is 18.4 Å². The van der Waals surface area contributed by atoms with E-state index in [0.29, 0.717) is 9.76 Å². The first-order valence-electron chi connectivity index (χ1n) is 5.53. The highest BCUT2D eigenvalue weighted by atomic mass is 28.2. The van der Waals surface area contributed by atoms with E-state index < -0.39 is 0 Å². The van der Waals surface area contributed by atoms with E-state index in [0.717, 1.165) is 32.7 Å². The van der Waals surface area contributed by atoms with Gasteiger partial charge in [0.05, 0.1) is 6.61 Å². The van der Waals surface area contributed by atoms with E-state index in [-0.39, 0.29) is 0 Å². The molecule has 0 spiro atoms. The highest BCUT2D eigenvalue weighted by Gasteiger charge is 1.92. The maximum Gasteiger partial charge on any atom is 0.260 e. The van der Waals surface area contributed by atoms with Gasteiger partial charge in [0.1, 0.15) is 0 Å². The first-order chi connectivity index (χ1) is 7.93. The Morgan fingerprint density at radius 1 is 1.12 bits per heavy atom. The number of ether oxygens (including phenoxy) is 1. The van der Waals surface area contributed by atoms with E-state index in [1.807, 2.05) is 6.07 Å². The van der Waals surface area contributed by atoms with Gasteiger partial charge in [0.15, 0.2) is 0 Å². The Morgan fingerprint density at radius 3 is 2.69 bits per heavy atom. The first-order valence-corrected chi connectivity index (χ1v) is 6.52. The summed E-state index contributed by atoms with van der Waals surface area (Å²) in [5.41, 5.74) is 3.11. The van der Waals surface area contributed by atoms with Gasteiger partial charge in [0.25, 0.3) is 9.76 Å². The van der Waals surface area contributed by atoms with Gasteiger partial charge in [0, 0.05) is 13.2 Å². The fourth-order valence-electron chi connectivity index (χ4n) is 1.29. The molecule has 0 aliphatic heterocycles. The Labute approximate surface area is 100 Å². The molecule has 0 aromatic heterocycles. The summed E-state index contributed by atoms with van der Waals surface area (Å²) in [6.45, 7) is 5.92. The van der Waals surface area contributed by atoms with E-state index in [2.05, 4.69) is 30.8 Å². The summed E-state index contributed by atoms with van der Waals surface area (Å²) in [6, 6.07) is 10.4. The van der Waals surface area contributed by atoms with Crippen molar-refractivity contribution in [2.75, 3.05) is 19.8 Å². The third-order valence-corrected chi connectivity index (χ3v) is 2.62. The summed E-state index contributed by atoms with van der Waals surface area (Å²) in [6.07, 6.45) is 1.94. The molecular weight excluding hydrogens is 216 g/mol. The maximum absolute atomic E-state index is 5.52. The zero-order valence-electron chi connectivity index (χ0n) is 9.52. The highest BCUT2D eigenvalue weighted by molar-refractivity contribution is 6.33. The minimum absolute atomic E-state index is 0.413. The molecule has 0 unspecified atom stereocenters. The summed E-state index contributed by atoms with van der Waals surface area (Å²) < 4.78 is 10.8. The molecular formula is C13H18O2Si. The van der Waals surface area contributed by atoms with Crippen LogP contribution in [0.25, 0.3) is 0 Å². The normalized spacial score (nSPS) is 10.2. The molecule has 2 nitrogen and oxygen atoms in total. The SMILES string of the molecule is C=C[Si]OCCCOCCc1ccccc1. The first kappa shape index (κ1) is 13.2. The Balaban J connectivity index is 1.90. The average molecular weight is 234 g/mol. The predicted octanol–water partition coefficient (Wildman–Crippen LogP) is 2.42. The van der Waals surface area contributed by atoms with Gasteiger partial charge in [0.2, 0.25) is 0 Å². The van der Waals surface area contributed by atoms with Crippen LogP contribution in [0.1, 0.15) is 12.0 Å². The van der Waals surface area contributed by atoms with E-state index in [9.17, 15) is 0 Å². The van der Waals surface area contributed by atoms with Crippen LogP contribution in [0.5, 0.6) is 0 Å². The topological polar surface area (TPSA) is 18.5 Å². The van der Waals surface area contributed by atoms with Crippen LogP contribution < -0.4 is 0 Å². The standard InChI is InChI=1S/C13H18O2Si/c1-2-16-15-11-6-10-14-12-9-13-7-4-3-5-8-13/h2-5,7-8H,1,6,9-12H2. The minimum Gasteiger partial charge on any atom is -0.412 e. The zero-order chi connectivity index (χ0) is 11.5. The fraction of sp³-hybridized carbons (Fsp3) is 0.385. The molecule has 0 aliphatic carbocycles. The number of rotatable bonds is 9. The van der Waals surface area contributed by atoms with Crippen LogP contribution in [-0.2, 0) is 15.6 Å². The second kappa shape index (κ2) is 9.33. The molecule has 0 heterocycles. The minimum atomic E-state index is 0.413. The Hall–Kier alpha value is -0.903. The molecule has 0 saturated carbocycles. The number of hydrogen-bond acceptors (Lipinski definition) is 2. The van der Waals surface area contributed by atoms with Crippen LogP contribution in [0.2, 0.25) is 0 Å². The van der Waals surface area contributed by atoms with Crippen molar-refractivity contribution in [2.24, 2.45) is 0 Å². The van der Waals surface area contributed by atoms with Gasteiger partial charge < -0.3 is 9.16 Å². The molecule has 0 bridgehead atoms. The average Bonchev–Trinajstić information content (AvgIpc) is 2.34. The van der Waals surface area contributed by atoms with Crippen LogP contribution in [-0.4, -0.2) is 29.6 Å². The molecule has 0 amide bonds. The second-order valence-corrected chi connectivity index (χ2v) is 4.30. The molecule has 2 radical (unpaired) electrons. The van der Waals surface area contributed by atoms with E-state index >= 15 is 0 Å². The predicted molar refractivity (Wildman–Crippen MR) is 67.5 cm³/mol. The van der Waals surface area contributed by atoms with Crippen molar-refractivity contribution in [1.82, 2.24) is 0 Å². The van der Waals surface area contributed by atoms with Crippen molar-refractivity contribution in [3.63, 3.8) is 0 Å². The van der Waals surface area contributed by atoms with E-state index in [4.69, 9.17) is 9.16 Å². The maximum atomic E-state index is 5.52. The second-order valence-electron chi connectivity index (χ2n) is 3.37. The molecule has 16 heavy (non-hydrogen) atoms. The third-order valence-electron chi connectivity index (χ3n) is 2.08. The lowest BCUT2D eigenvalue weighted by Crippen LogP contribution is -2.04. The van der Waals surface area contributed by atoms with Gasteiger partial charge in [-0.25, -0.2) is 0 Å². The summed E-state index contributed by atoms with van der Waals surface area (Å²) in [4.78, 5) is 0. The zero-order valence-corrected chi connectivity index (χ0v) is 10.5. The quantitative estimate of drug-likeness (QED) is 0.482. The molecule has 0 saturated heterocycles. The molecule has 0 N–H and O–H groups in total. The van der Waals surface area contributed by atoms with Crippen LogP contribution in [0.4, 0.5) is 0 Å². The number of hydrogen-bond donors (Lipinski definition) is 0. The van der Waals surface area contributed by atoms with Crippen LogP contribution in [0.3, 0.4) is 0 Å². The van der Waals surface area contributed by atoms with Crippen LogP contribution in [0, 0.1) is 0 Å². The van der Waals surface area contributed by atoms with Gasteiger partial charge >= 0.3 is 0 Å². The molecule has 0 aliphatic rings. The smallest absolute Gasteiger partial charge is 0.260 e. The lowest BCUT2D eigenvalue weighted by molar-refractivity contribution is 0.123. The molecule has 1 rings (SSSR count). The third kappa shape index (κ3) is 6.56. The molecule has 0 atom stereocenters. The summed E-state index contributed by atoms with van der Waals surface area (Å²) in [5.74, 6) is 0. The van der Waals surface area contributed by atoms with Crippen molar-refractivity contribution in [3.8, 4) is 0 Å². The summed E-state index contributed by atoms with van der Waals surface area (Å²) in [5, 5.41) is 0. The van der Waals surface area contributed by atoms with Gasteiger partial charge in [-0.1, -0.05) is 36.0 Å². The van der Waals surface area contributed by atoms with Crippen molar-refractivity contribution in [3.05, 3.63) is 48.2 Å². The van der Waals surface area contributed by atoms with Crippen molar-refractivity contribution >= 4 is 9.76 Å². The Morgan fingerprint density at radius 2 is 1.94 bits per heavy atom. The lowest BCUT2D eigenvalue weighted by Gasteiger charge is -2.04. The Kier molecular flexibility index (Phi) is 7.68. The van der Waals surface area contributed by atoms with E-state index in [1.165, 1.54) is 5.56 Å². The highest BCUT2D eigenvalue weighted by Crippen LogP contribution is 1.99. The molecule has 86 valence electrons. The van der Waals surface area contributed by atoms with E-state index in [1.54, 1.807) is 5.70 Å². The van der Waals surface area contributed by atoms with Gasteiger partial charge in [-0.3, -0.25) is 0 Å². The summed E-state index contributed by atoms with van der Waals surface area (Å²) in [7, 11) is 0.413. The van der Waals surface area contributed by atoms with Crippen molar-refractivity contribution in [1.29, 1.82) is 0 Å². The summed E-state index contributed by atoms with van der Waals surface area (Å²) >= 11 is 0. The largest absolute Gasteiger partial charge is 0.412 e. The fourth-order valence-corrected chi connectivity index (χ4v) is 1.67. The molecule has 1 aromatic carbocycles. The van der Waals surface area contributed by atoms with Crippen LogP contribution in [0.15, 0.2) is 42.6 Å². The van der Waals surface area contributed by atoms with Crippen molar-refractivity contribution < 1.29 is 9.16 Å². The van der Waals surface area contributed by atoms with Crippen LogP contribution >= 0.6 is 0 Å².